The Kier molecular flexibility index (Phi) is 4.53. The zero-order valence-electron chi connectivity index (χ0n) is 10.8. The average molecular weight is 264 g/mol. The van der Waals surface area contributed by atoms with Crippen molar-refractivity contribution in [3.63, 3.8) is 0 Å². The van der Waals surface area contributed by atoms with Gasteiger partial charge >= 0.3 is 0 Å². The first-order valence-corrected chi connectivity index (χ1v) is 6.44. The summed E-state index contributed by atoms with van der Waals surface area (Å²) < 4.78 is 0. The van der Waals surface area contributed by atoms with E-state index in [0.29, 0.717) is 5.15 Å². The number of para-hydroxylation sites is 1. The molecule has 4 heteroatoms. The summed E-state index contributed by atoms with van der Waals surface area (Å²) >= 11 is 6.18. The van der Waals surface area contributed by atoms with Crippen molar-refractivity contribution in [2.24, 2.45) is 0 Å². The summed E-state index contributed by atoms with van der Waals surface area (Å²) in [6.45, 7) is 2.71. The molecule has 0 atom stereocenters. The van der Waals surface area contributed by atoms with Crippen LogP contribution in [0.2, 0.25) is 5.15 Å². The summed E-state index contributed by atoms with van der Waals surface area (Å²) in [5, 5.41) is 5.09. The number of halogens is 1. The maximum absolute atomic E-state index is 6.18. The van der Waals surface area contributed by atoms with E-state index in [1.807, 2.05) is 18.2 Å². The van der Waals surface area contributed by atoms with E-state index >= 15 is 0 Å². The molecule has 0 radical (unpaired) electrons. The molecule has 18 heavy (non-hydrogen) atoms. The van der Waals surface area contributed by atoms with Crippen molar-refractivity contribution < 1.29 is 0 Å². The molecule has 1 aromatic carbocycles. The molecule has 3 nitrogen and oxygen atoms in total. The van der Waals surface area contributed by atoms with Crippen LogP contribution in [0.25, 0.3) is 10.9 Å². The van der Waals surface area contributed by atoms with Crippen LogP contribution in [-0.4, -0.2) is 37.1 Å². The summed E-state index contributed by atoms with van der Waals surface area (Å²) in [5.41, 5.74) is 1.99. The van der Waals surface area contributed by atoms with Crippen LogP contribution in [0.3, 0.4) is 0 Å². The number of nitrogens with one attached hydrogen (secondary N) is 1. The van der Waals surface area contributed by atoms with E-state index in [2.05, 4.69) is 41.4 Å². The summed E-state index contributed by atoms with van der Waals surface area (Å²) in [5.74, 6) is 0. The Morgan fingerprint density at radius 2 is 2.06 bits per heavy atom. The summed E-state index contributed by atoms with van der Waals surface area (Å²) in [6.07, 6.45) is 0. The number of nitrogens with zero attached hydrogens (tertiary/aromatic N) is 2. The van der Waals surface area contributed by atoms with Gasteiger partial charge in [0.2, 0.25) is 0 Å². The standard InChI is InChI=1S/C14H18ClN3/c1-18(2)8-7-16-10-12-9-11-5-3-4-6-13(11)17-14(12)15/h3-6,9,16H,7-8,10H2,1-2H3. The van der Waals surface area contributed by atoms with E-state index in [1.165, 1.54) is 0 Å². The Balaban J connectivity index is 2.06. The largest absolute Gasteiger partial charge is 0.311 e. The maximum atomic E-state index is 6.18. The first-order valence-electron chi connectivity index (χ1n) is 6.06. The highest BCUT2D eigenvalue weighted by atomic mass is 35.5. The van der Waals surface area contributed by atoms with Crippen molar-refractivity contribution in [3.05, 3.63) is 41.0 Å². The third-order valence-electron chi connectivity index (χ3n) is 2.80. The van der Waals surface area contributed by atoms with Crippen LogP contribution in [-0.2, 0) is 6.54 Å². The van der Waals surface area contributed by atoms with Gasteiger partial charge in [-0.25, -0.2) is 4.98 Å². The molecule has 0 unspecified atom stereocenters. The van der Waals surface area contributed by atoms with E-state index in [1.54, 1.807) is 0 Å². The number of likely N-dealkylation sites (N-methyl/N-ethyl adjacent to an activating group) is 1. The van der Waals surface area contributed by atoms with Crippen LogP contribution in [0, 0.1) is 0 Å². The minimum absolute atomic E-state index is 0.589. The lowest BCUT2D eigenvalue weighted by Gasteiger charge is -2.11. The molecular weight excluding hydrogens is 246 g/mol. The van der Waals surface area contributed by atoms with Gasteiger partial charge in [-0.1, -0.05) is 29.8 Å². The molecule has 1 N–H and O–H groups in total. The molecule has 0 spiro atoms. The number of hydrogen-bond acceptors (Lipinski definition) is 3. The Morgan fingerprint density at radius 3 is 2.83 bits per heavy atom. The van der Waals surface area contributed by atoms with Crippen LogP contribution in [0.5, 0.6) is 0 Å². The number of rotatable bonds is 5. The lowest BCUT2D eigenvalue weighted by atomic mass is 10.1. The Bertz CT molecular complexity index is 525. The SMILES string of the molecule is CN(C)CCNCc1cc2ccccc2nc1Cl. The minimum Gasteiger partial charge on any atom is -0.311 e. The van der Waals surface area contributed by atoms with Crippen LogP contribution in [0.15, 0.2) is 30.3 Å². The molecule has 2 rings (SSSR count). The molecule has 0 fully saturated rings. The predicted molar refractivity (Wildman–Crippen MR) is 77.0 cm³/mol. The van der Waals surface area contributed by atoms with Gasteiger partial charge in [0.1, 0.15) is 5.15 Å². The molecule has 0 aliphatic carbocycles. The monoisotopic (exact) mass is 263 g/mol. The number of benzene rings is 1. The average Bonchev–Trinajstić information content (AvgIpc) is 2.34. The number of hydrogen-bond donors (Lipinski definition) is 1. The van der Waals surface area contributed by atoms with Crippen molar-refractivity contribution in [1.82, 2.24) is 15.2 Å². The third-order valence-corrected chi connectivity index (χ3v) is 3.13. The van der Waals surface area contributed by atoms with E-state index < -0.39 is 0 Å². The zero-order chi connectivity index (χ0) is 13.0. The van der Waals surface area contributed by atoms with Crippen molar-refractivity contribution in [1.29, 1.82) is 0 Å². The van der Waals surface area contributed by atoms with E-state index in [-0.39, 0.29) is 0 Å². The second-order valence-corrected chi connectivity index (χ2v) is 4.97. The second-order valence-electron chi connectivity index (χ2n) is 4.61. The van der Waals surface area contributed by atoms with Crippen LogP contribution in [0.4, 0.5) is 0 Å². The Labute approximate surface area is 113 Å². The van der Waals surface area contributed by atoms with Crippen LogP contribution >= 0.6 is 11.6 Å². The normalized spacial score (nSPS) is 11.3. The van der Waals surface area contributed by atoms with E-state index in [9.17, 15) is 0 Å². The summed E-state index contributed by atoms with van der Waals surface area (Å²) in [7, 11) is 4.12. The fourth-order valence-corrected chi connectivity index (χ4v) is 2.00. The third kappa shape index (κ3) is 3.42. The molecule has 0 saturated heterocycles. The predicted octanol–water partition coefficient (Wildman–Crippen LogP) is 2.54. The van der Waals surface area contributed by atoms with Gasteiger partial charge in [-0.2, -0.15) is 0 Å². The number of pyridine rings is 1. The molecule has 0 aliphatic heterocycles. The lowest BCUT2D eigenvalue weighted by Crippen LogP contribution is -2.26. The maximum Gasteiger partial charge on any atom is 0.134 e. The molecule has 0 aliphatic rings. The smallest absolute Gasteiger partial charge is 0.134 e. The van der Waals surface area contributed by atoms with Gasteiger partial charge in [-0.3, -0.25) is 0 Å². The molecule has 0 amide bonds. The fourth-order valence-electron chi connectivity index (χ4n) is 1.79. The Morgan fingerprint density at radius 1 is 1.28 bits per heavy atom. The molecule has 0 saturated carbocycles. The fraction of sp³-hybridized carbons (Fsp3) is 0.357. The highest BCUT2D eigenvalue weighted by molar-refractivity contribution is 6.30. The van der Waals surface area contributed by atoms with E-state index in [0.717, 1.165) is 36.1 Å². The van der Waals surface area contributed by atoms with Gasteiger partial charge in [-0.15, -0.1) is 0 Å². The molecule has 0 bridgehead atoms. The number of fused-ring (bicyclic) bond motifs is 1. The Hall–Kier alpha value is -1.16. The van der Waals surface area contributed by atoms with E-state index in [4.69, 9.17) is 11.6 Å². The van der Waals surface area contributed by atoms with Gasteiger partial charge < -0.3 is 10.2 Å². The zero-order valence-corrected chi connectivity index (χ0v) is 11.5. The molecule has 96 valence electrons. The molecule has 1 heterocycles. The van der Waals surface area contributed by atoms with Crippen molar-refractivity contribution >= 4 is 22.5 Å². The molecular formula is C14H18ClN3. The number of aromatic nitrogens is 1. The van der Waals surface area contributed by atoms with Crippen molar-refractivity contribution in [2.75, 3.05) is 27.2 Å². The lowest BCUT2D eigenvalue weighted by molar-refractivity contribution is 0.400. The first-order chi connectivity index (χ1) is 8.66. The van der Waals surface area contributed by atoms with Crippen molar-refractivity contribution in [2.45, 2.75) is 6.54 Å². The molecule has 2 aromatic rings. The summed E-state index contributed by atoms with van der Waals surface area (Å²) in [6, 6.07) is 10.1. The van der Waals surface area contributed by atoms with Crippen LogP contribution in [0.1, 0.15) is 5.56 Å². The minimum atomic E-state index is 0.589. The topological polar surface area (TPSA) is 28.2 Å². The summed E-state index contributed by atoms with van der Waals surface area (Å²) in [4.78, 5) is 6.55. The van der Waals surface area contributed by atoms with Gasteiger partial charge in [0.05, 0.1) is 5.52 Å². The van der Waals surface area contributed by atoms with Crippen molar-refractivity contribution in [3.8, 4) is 0 Å². The van der Waals surface area contributed by atoms with Crippen LogP contribution < -0.4 is 5.32 Å². The van der Waals surface area contributed by atoms with Gasteiger partial charge in [0.25, 0.3) is 0 Å². The highest BCUT2D eigenvalue weighted by Crippen LogP contribution is 2.20. The quantitative estimate of drug-likeness (QED) is 0.664. The molecule has 1 aromatic heterocycles. The first kappa shape index (κ1) is 13.3. The van der Waals surface area contributed by atoms with Gasteiger partial charge in [-0.05, 0) is 26.2 Å². The second kappa shape index (κ2) is 6.14. The highest BCUT2D eigenvalue weighted by Gasteiger charge is 2.04. The van der Waals surface area contributed by atoms with Gasteiger partial charge in [0, 0.05) is 30.6 Å². The van der Waals surface area contributed by atoms with Gasteiger partial charge in [0.15, 0.2) is 0 Å².